The molecular weight excluding hydrogens is 473 g/mol. The number of urea groups is 1. The number of benzene rings is 3. The minimum atomic E-state index is -1.31. The maximum Gasteiger partial charge on any atom is 0.326 e. The van der Waals surface area contributed by atoms with Gasteiger partial charge in [0, 0.05) is 33.0 Å². The first-order valence-corrected chi connectivity index (χ1v) is 11.4. The zero-order valence-electron chi connectivity index (χ0n) is 19.0. The number of amides is 3. The molecule has 180 valence electrons. The second-order valence-electron chi connectivity index (χ2n) is 9.23. The van der Waals surface area contributed by atoms with Crippen LogP contribution in [0.25, 0.3) is 0 Å². The average Bonchev–Trinajstić information content (AvgIpc) is 3.32. The van der Waals surface area contributed by atoms with Crippen molar-refractivity contribution in [2.45, 2.75) is 31.6 Å². The molecule has 3 amide bonds. The first-order chi connectivity index (χ1) is 16.5. The topological polar surface area (TPSA) is 102 Å². The molecule has 3 aromatic rings. The van der Waals surface area contributed by atoms with Gasteiger partial charge in [-0.25, -0.2) is 9.18 Å². The highest BCUT2D eigenvalue weighted by Gasteiger charge is 2.37. The molecule has 5 rings (SSSR count). The van der Waals surface area contributed by atoms with Crippen molar-refractivity contribution < 1.29 is 24.2 Å². The molecule has 0 saturated heterocycles. The highest BCUT2D eigenvalue weighted by molar-refractivity contribution is 6.31. The van der Waals surface area contributed by atoms with Gasteiger partial charge in [0.15, 0.2) is 0 Å². The number of hydrogen-bond acceptors (Lipinski definition) is 4. The molecule has 0 unspecified atom stereocenters. The number of rotatable bonds is 3. The van der Waals surface area contributed by atoms with Gasteiger partial charge in [-0.2, -0.15) is 0 Å². The number of carbonyl (C=O) groups is 2. The van der Waals surface area contributed by atoms with Crippen molar-refractivity contribution >= 4 is 34.9 Å². The number of aliphatic hydroxyl groups excluding tert-OH is 1. The van der Waals surface area contributed by atoms with Crippen LogP contribution in [0.15, 0.2) is 54.6 Å². The fourth-order valence-corrected chi connectivity index (χ4v) is 4.85. The van der Waals surface area contributed by atoms with E-state index in [9.17, 15) is 24.2 Å². The van der Waals surface area contributed by atoms with Crippen LogP contribution in [-0.4, -0.2) is 28.7 Å². The highest BCUT2D eigenvalue weighted by atomic mass is 35.5. The summed E-state index contributed by atoms with van der Waals surface area (Å²) < 4.78 is 14.1. The van der Waals surface area contributed by atoms with Crippen LogP contribution in [0.2, 0.25) is 5.02 Å². The monoisotopic (exact) mass is 495 g/mol. The van der Waals surface area contributed by atoms with Crippen LogP contribution in [0.1, 0.15) is 58.6 Å². The number of aliphatic hydroxyl groups is 2. The molecule has 0 bridgehead atoms. The summed E-state index contributed by atoms with van der Waals surface area (Å²) >= 11 is 6.35. The molecule has 0 saturated carbocycles. The summed E-state index contributed by atoms with van der Waals surface area (Å²) in [6.07, 6.45) is -0.826. The third kappa shape index (κ3) is 4.03. The standard InChI is InChI=1S/C26H23ClFN3O4/c1-26(2,35)13-9-17-22(23(30-24(17)33)16-11-14(28)7-8-18(16)27)19(10-13)29-25(34)31-12-21(32)15-5-3-4-6-20(15)31/h3-11,21,23,32,35H,12H2,1-2H3,(H,29,34)(H,30,33)/t21-,23+/m0/s1. The largest absolute Gasteiger partial charge is 0.386 e. The van der Waals surface area contributed by atoms with E-state index >= 15 is 0 Å². The molecule has 0 spiro atoms. The molecular formula is C26H23ClFN3O4. The summed E-state index contributed by atoms with van der Waals surface area (Å²) in [7, 11) is 0. The van der Waals surface area contributed by atoms with Crippen molar-refractivity contribution in [3.63, 3.8) is 0 Å². The first kappa shape index (κ1) is 23.3. The Morgan fingerprint density at radius 1 is 1.17 bits per heavy atom. The molecule has 9 heteroatoms. The fraction of sp³-hybridized carbons (Fsp3) is 0.231. The molecule has 0 fully saturated rings. The molecule has 2 atom stereocenters. The van der Waals surface area contributed by atoms with E-state index in [-0.39, 0.29) is 22.8 Å². The molecule has 2 heterocycles. The van der Waals surface area contributed by atoms with E-state index in [1.54, 1.807) is 50.2 Å². The molecule has 0 aromatic heterocycles. The number of halogens is 2. The van der Waals surface area contributed by atoms with E-state index in [1.807, 2.05) is 0 Å². The summed E-state index contributed by atoms with van der Waals surface area (Å²) in [6.45, 7) is 3.21. The van der Waals surface area contributed by atoms with Gasteiger partial charge >= 0.3 is 6.03 Å². The lowest BCUT2D eigenvalue weighted by Crippen LogP contribution is -2.34. The van der Waals surface area contributed by atoms with Gasteiger partial charge < -0.3 is 20.8 Å². The quantitative estimate of drug-likeness (QED) is 0.425. The Morgan fingerprint density at radius 3 is 2.66 bits per heavy atom. The van der Waals surface area contributed by atoms with Crippen molar-refractivity contribution in [2.24, 2.45) is 0 Å². The van der Waals surface area contributed by atoms with Crippen molar-refractivity contribution in [1.82, 2.24) is 5.32 Å². The summed E-state index contributed by atoms with van der Waals surface area (Å²) in [6, 6.07) is 12.7. The third-order valence-electron chi connectivity index (χ3n) is 6.39. The highest BCUT2D eigenvalue weighted by Crippen LogP contribution is 2.42. The molecule has 0 aliphatic carbocycles. The molecule has 35 heavy (non-hydrogen) atoms. The molecule has 0 radical (unpaired) electrons. The molecule has 3 aromatic carbocycles. The predicted molar refractivity (Wildman–Crippen MR) is 130 cm³/mol. The number of hydrogen-bond donors (Lipinski definition) is 4. The molecule has 7 nitrogen and oxygen atoms in total. The second-order valence-corrected chi connectivity index (χ2v) is 9.64. The minimum Gasteiger partial charge on any atom is -0.386 e. The fourth-order valence-electron chi connectivity index (χ4n) is 4.62. The van der Waals surface area contributed by atoms with Crippen LogP contribution in [0.3, 0.4) is 0 Å². The summed E-state index contributed by atoms with van der Waals surface area (Å²) in [4.78, 5) is 27.7. The number of nitrogens with one attached hydrogen (secondary N) is 2. The van der Waals surface area contributed by atoms with Crippen LogP contribution in [0, 0.1) is 5.82 Å². The lowest BCUT2D eigenvalue weighted by molar-refractivity contribution is 0.0785. The zero-order chi connectivity index (χ0) is 25.1. The van der Waals surface area contributed by atoms with E-state index < -0.39 is 35.5 Å². The lowest BCUT2D eigenvalue weighted by atomic mass is 9.90. The van der Waals surface area contributed by atoms with Gasteiger partial charge in [-0.05, 0) is 55.8 Å². The van der Waals surface area contributed by atoms with Gasteiger partial charge in [-0.1, -0.05) is 29.8 Å². The van der Waals surface area contributed by atoms with Gasteiger partial charge in [0.25, 0.3) is 5.91 Å². The number of anilines is 2. The maximum atomic E-state index is 14.1. The molecule has 4 N–H and O–H groups in total. The van der Waals surface area contributed by atoms with Gasteiger partial charge in [0.2, 0.25) is 0 Å². The Kier molecular flexibility index (Phi) is 5.55. The number of β-amino-alcohol motifs (C(OH)–C–C–N with tert-alkyl or cyclic N) is 1. The van der Waals surface area contributed by atoms with Crippen LogP contribution in [-0.2, 0) is 5.60 Å². The smallest absolute Gasteiger partial charge is 0.326 e. The van der Waals surface area contributed by atoms with Gasteiger partial charge in [-0.15, -0.1) is 0 Å². The lowest BCUT2D eigenvalue weighted by Gasteiger charge is -2.24. The Balaban J connectivity index is 1.61. The Hall–Kier alpha value is -3.46. The van der Waals surface area contributed by atoms with Crippen molar-refractivity contribution in [3.05, 3.63) is 93.3 Å². The van der Waals surface area contributed by atoms with Gasteiger partial charge in [0.1, 0.15) is 5.82 Å². The zero-order valence-corrected chi connectivity index (χ0v) is 19.7. The van der Waals surface area contributed by atoms with Gasteiger partial charge in [0.05, 0.1) is 30.0 Å². The van der Waals surface area contributed by atoms with Crippen LogP contribution in [0.5, 0.6) is 0 Å². The second kappa shape index (κ2) is 8.34. The summed E-state index contributed by atoms with van der Waals surface area (Å²) in [5.41, 5.74) is 1.59. The SMILES string of the molecule is CC(C)(O)c1cc(NC(=O)N2C[C@H](O)c3ccccc32)c2c(c1)C(=O)N[C@@H]2c1cc(F)ccc1Cl. The van der Waals surface area contributed by atoms with Crippen molar-refractivity contribution in [3.8, 4) is 0 Å². The molecule has 2 aliphatic rings. The van der Waals surface area contributed by atoms with Crippen LogP contribution >= 0.6 is 11.6 Å². The number of carbonyl (C=O) groups excluding carboxylic acids is 2. The van der Waals surface area contributed by atoms with E-state index in [0.717, 1.165) is 0 Å². The Bertz CT molecular complexity index is 1370. The summed E-state index contributed by atoms with van der Waals surface area (Å²) in [5.74, 6) is -0.956. The summed E-state index contributed by atoms with van der Waals surface area (Å²) in [5, 5.41) is 27.0. The predicted octanol–water partition coefficient (Wildman–Crippen LogP) is 4.62. The Labute approximate surface area is 206 Å². The Morgan fingerprint density at radius 2 is 1.91 bits per heavy atom. The third-order valence-corrected chi connectivity index (χ3v) is 6.74. The normalized spacial score (nSPS) is 18.8. The van der Waals surface area contributed by atoms with Gasteiger partial charge in [-0.3, -0.25) is 9.69 Å². The number of para-hydroxylation sites is 1. The van der Waals surface area contributed by atoms with E-state index in [4.69, 9.17) is 11.6 Å². The number of fused-ring (bicyclic) bond motifs is 2. The molecule has 2 aliphatic heterocycles. The van der Waals surface area contributed by atoms with E-state index in [0.29, 0.717) is 27.9 Å². The average molecular weight is 496 g/mol. The van der Waals surface area contributed by atoms with Crippen LogP contribution < -0.4 is 15.5 Å². The van der Waals surface area contributed by atoms with Crippen molar-refractivity contribution in [1.29, 1.82) is 0 Å². The maximum absolute atomic E-state index is 14.1. The first-order valence-electron chi connectivity index (χ1n) is 11.1. The van der Waals surface area contributed by atoms with E-state index in [2.05, 4.69) is 10.6 Å². The van der Waals surface area contributed by atoms with Crippen LogP contribution in [0.4, 0.5) is 20.6 Å². The van der Waals surface area contributed by atoms with Crippen molar-refractivity contribution in [2.75, 3.05) is 16.8 Å². The number of nitrogens with zero attached hydrogens (tertiary/aromatic N) is 1. The minimum absolute atomic E-state index is 0.0644. The van der Waals surface area contributed by atoms with E-state index in [1.165, 1.54) is 23.1 Å².